The molecule has 0 amide bonds. The predicted molar refractivity (Wildman–Crippen MR) is 91.8 cm³/mol. The summed E-state index contributed by atoms with van der Waals surface area (Å²) in [5.41, 5.74) is 0. The van der Waals surface area contributed by atoms with E-state index < -0.39 is 0 Å². The van der Waals surface area contributed by atoms with Crippen LogP contribution in [0, 0.1) is 5.92 Å². The lowest BCUT2D eigenvalue weighted by atomic mass is 10.0. The van der Waals surface area contributed by atoms with E-state index in [1.165, 1.54) is 6.42 Å². The number of ether oxygens (including phenoxy) is 4. The molecular weight excluding hydrogens is 292 g/mol. The highest BCUT2D eigenvalue weighted by atomic mass is 16.6. The van der Waals surface area contributed by atoms with Gasteiger partial charge in [-0.3, -0.25) is 0 Å². The molecule has 4 heteroatoms. The normalized spacial score (nSPS) is 32.7. The van der Waals surface area contributed by atoms with Crippen molar-refractivity contribution in [2.45, 2.75) is 90.1 Å². The number of fused-ring (bicyclic) bond motifs is 1. The average molecular weight is 328 g/mol. The Labute approximate surface area is 142 Å². The molecular formula is C19H36O4. The van der Waals surface area contributed by atoms with E-state index in [1.54, 1.807) is 0 Å². The third-order valence-corrected chi connectivity index (χ3v) is 4.78. The van der Waals surface area contributed by atoms with Crippen LogP contribution in [-0.4, -0.2) is 50.8 Å². The molecule has 1 heterocycles. The number of hydrogen-bond acceptors (Lipinski definition) is 4. The molecule has 5 atom stereocenters. The molecule has 136 valence electrons. The average Bonchev–Trinajstić information content (AvgIpc) is 3.32. The van der Waals surface area contributed by atoms with Crippen LogP contribution in [0.4, 0.5) is 0 Å². The van der Waals surface area contributed by atoms with Crippen LogP contribution in [0.3, 0.4) is 0 Å². The van der Waals surface area contributed by atoms with Crippen LogP contribution < -0.4 is 0 Å². The highest BCUT2D eigenvalue weighted by Crippen LogP contribution is 2.46. The number of hydrogen-bond donors (Lipinski definition) is 0. The van der Waals surface area contributed by atoms with Gasteiger partial charge in [0.2, 0.25) is 0 Å². The van der Waals surface area contributed by atoms with Crippen molar-refractivity contribution in [1.29, 1.82) is 0 Å². The predicted octanol–water partition coefficient (Wildman–Crippen LogP) is 3.96. The first kappa shape index (κ1) is 19.2. The lowest BCUT2D eigenvalue weighted by Crippen LogP contribution is -2.50. The van der Waals surface area contributed by atoms with Crippen LogP contribution in [0.15, 0.2) is 0 Å². The Morgan fingerprint density at radius 3 is 2.09 bits per heavy atom. The lowest BCUT2D eigenvalue weighted by molar-refractivity contribution is -0.194. The Morgan fingerprint density at radius 1 is 0.826 bits per heavy atom. The fraction of sp³-hybridized carbons (Fsp3) is 1.00. The second-order valence-electron chi connectivity index (χ2n) is 6.92. The molecule has 0 bridgehead atoms. The van der Waals surface area contributed by atoms with Crippen molar-refractivity contribution in [3.8, 4) is 0 Å². The van der Waals surface area contributed by atoms with Gasteiger partial charge < -0.3 is 18.9 Å². The fourth-order valence-electron chi connectivity index (χ4n) is 3.18. The topological polar surface area (TPSA) is 36.9 Å². The standard InChI is InChI=1S/C19H36O4/c1-4-7-10-20-14-17-19(22-12-9-6-3)18(21-11-8-5-2)15-13-16(15)23-17/h15-19H,4-14H2,1-3H3/t15-,16+,17+,18+,19-/m0/s1. The minimum absolute atomic E-state index is 0.0269. The molecule has 0 radical (unpaired) electrons. The Kier molecular flexibility index (Phi) is 8.88. The summed E-state index contributed by atoms with van der Waals surface area (Å²) >= 11 is 0. The van der Waals surface area contributed by atoms with Crippen molar-refractivity contribution in [2.24, 2.45) is 5.92 Å². The maximum absolute atomic E-state index is 6.22. The van der Waals surface area contributed by atoms with Crippen molar-refractivity contribution < 1.29 is 18.9 Å². The van der Waals surface area contributed by atoms with Crippen LogP contribution >= 0.6 is 0 Å². The van der Waals surface area contributed by atoms with Gasteiger partial charge in [-0.05, 0) is 25.7 Å². The Morgan fingerprint density at radius 2 is 1.43 bits per heavy atom. The summed E-state index contributed by atoms with van der Waals surface area (Å²) < 4.78 is 24.4. The molecule has 1 saturated carbocycles. The molecule has 0 aromatic rings. The van der Waals surface area contributed by atoms with Gasteiger partial charge in [-0.15, -0.1) is 0 Å². The Hall–Kier alpha value is -0.160. The molecule has 1 aliphatic carbocycles. The van der Waals surface area contributed by atoms with E-state index in [2.05, 4.69) is 20.8 Å². The zero-order valence-electron chi connectivity index (χ0n) is 15.3. The minimum Gasteiger partial charge on any atom is -0.379 e. The first-order chi connectivity index (χ1) is 11.3. The van der Waals surface area contributed by atoms with Gasteiger partial charge in [0.05, 0.1) is 18.8 Å². The summed E-state index contributed by atoms with van der Waals surface area (Å²) in [7, 11) is 0. The van der Waals surface area contributed by atoms with Crippen molar-refractivity contribution in [2.75, 3.05) is 26.4 Å². The molecule has 23 heavy (non-hydrogen) atoms. The van der Waals surface area contributed by atoms with Crippen LogP contribution in [0.2, 0.25) is 0 Å². The van der Waals surface area contributed by atoms with Gasteiger partial charge in [0.1, 0.15) is 12.2 Å². The number of unbranched alkanes of at least 4 members (excludes halogenated alkanes) is 3. The largest absolute Gasteiger partial charge is 0.379 e. The van der Waals surface area contributed by atoms with E-state index in [0.717, 1.165) is 58.3 Å². The molecule has 0 N–H and O–H groups in total. The van der Waals surface area contributed by atoms with Gasteiger partial charge in [-0.2, -0.15) is 0 Å². The van der Waals surface area contributed by atoms with E-state index in [9.17, 15) is 0 Å². The third kappa shape index (κ3) is 6.00. The Balaban J connectivity index is 1.87. The van der Waals surface area contributed by atoms with Crippen LogP contribution in [0.25, 0.3) is 0 Å². The quantitative estimate of drug-likeness (QED) is 0.480. The minimum atomic E-state index is 0.0269. The second kappa shape index (κ2) is 10.7. The molecule has 0 spiro atoms. The molecule has 1 saturated heterocycles. The van der Waals surface area contributed by atoms with Gasteiger partial charge >= 0.3 is 0 Å². The molecule has 1 aliphatic heterocycles. The van der Waals surface area contributed by atoms with E-state index in [-0.39, 0.29) is 18.3 Å². The first-order valence-electron chi connectivity index (χ1n) is 9.78. The maximum Gasteiger partial charge on any atom is 0.112 e. The molecule has 2 rings (SSSR count). The smallest absolute Gasteiger partial charge is 0.112 e. The van der Waals surface area contributed by atoms with Gasteiger partial charge in [0.25, 0.3) is 0 Å². The maximum atomic E-state index is 6.22. The van der Waals surface area contributed by atoms with Gasteiger partial charge in [0.15, 0.2) is 0 Å². The van der Waals surface area contributed by atoms with Crippen LogP contribution in [-0.2, 0) is 18.9 Å². The van der Waals surface area contributed by atoms with Gasteiger partial charge in [-0.1, -0.05) is 40.0 Å². The molecule has 2 fully saturated rings. The van der Waals surface area contributed by atoms with E-state index in [1.807, 2.05) is 0 Å². The van der Waals surface area contributed by atoms with Crippen LogP contribution in [0.1, 0.15) is 65.7 Å². The van der Waals surface area contributed by atoms with Gasteiger partial charge in [0, 0.05) is 25.7 Å². The Bertz CT molecular complexity index is 310. The van der Waals surface area contributed by atoms with E-state index in [4.69, 9.17) is 18.9 Å². The zero-order chi connectivity index (χ0) is 16.5. The fourth-order valence-corrected chi connectivity index (χ4v) is 3.18. The van der Waals surface area contributed by atoms with Crippen molar-refractivity contribution in [3.63, 3.8) is 0 Å². The highest BCUT2D eigenvalue weighted by molar-refractivity contribution is 5.04. The van der Waals surface area contributed by atoms with Crippen molar-refractivity contribution in [3.05, 3.63) is 0 Å². The lowest BCUT2D eigenvalue weighted by Gasteiger charge is -2.37. The monoisotopic (exact) mass is 328 g/mol. The summed E-state index contributed by atoms with van der Waals surface area (Å²) in [6.45, 7) is 9.65. The van der Waals surface area contributed by atoms with E-state index >= 15 is 0 Å². The summed E-state index contributed by atoms with van der Waals surface area (Å²) in [4.78, 5) is 0. The zero-order valence-corrected chi connectivity index (χ0v) is 15.3. The highest BCUT2D eigenvalue weighted by Gasteiger charge is 2.55. The second-order valence-corrected chi connectivity index (χ2v) is 6.92. The summed E-state index contributed by atoms with van der Waals surface area (Å²) in [5, 5.41) is 0. The molecule has 0 aromatic heterocycles. The molecule has 0 unspecified atom stereocenters. The SMILES string of the molecule is CCCCOC[C@H]1O[C@@H]2C[C@@H]2[C@@H](OCCCC)[C@H]1OCCCC. The third-order valence-electron chi connectivity index (χ3n) is 4.78. The summed E-state index contributed by atoms with van der Waals surface area (Å²) in [6, 6.07) is 0. The molecule has 0 aromatic carbocycles. The van der Waals surface area contributed by atoms with E-state index in [0.29, 0.717) is 18.6 Å². The molecule has 4 nitrogen and oxygen atoms in total. The summed E-state index contributed by atoms with van der Waals surface area (Å²) in [5.74, 6) is 0.533. The van der Waals surface area contributed by atoms with Crippen molar-refractivity contribution in [1.82, 2.24) is 0 Å². The molecule has 2 aliphatic rings. The summed E-state index contributed by atoms with van der Waals surface area (Å²) in [6.07, 6.45) is 8.54. The van der Waals surface area contributed by atoms with Gasteiger partial charge in [-0.25, -0.2) is 0 Å². The van der Waals surface area contributed by atoms with Crippen molar-refractivity contribution >= 4 is 0 Å². The van der Waals surface area contributed by atoms with Crippen LogP contribution in [0.5, 0.6) is 0 Å². The first-order valence-corrected chi connectivity index (χ1v) is 9.78. The number of rotatable bonds is 13.